The van der Waals surface area contributed by atoms with Crippen molar-refractivity contribution in [1.82, 2.24) is 9.29 Å². The number of alkyl halides is 3. The Balaban J connectivity index is 1.76. The van der Waals surface area contributed by atoms with E-state index >= 15 is 0 Å². The van der Waals surface area contributed by atoms with Gasteiger partial charge in [-0.05, 0) is 80.3 Å². The highest BCUT2D eigenvalue weighted by molar-refractivity contribution is 7.90. The Morgan fingerprint density at radius 1 is 0.921 bits per heavy atom. The Bertz CT molecular complexity index is 1570. The molecule has 0 bridgehead atoms. The van der Waals surface area contributed by atoms with Crippen LogP contribution in [0.5, 0.6) is 0 Å². The minimum absolute atomic E-state index is 0.0947. The standard InChI is InChI=1S/C28H27F3N2O4S/c1-27(2,3)37-26(34)32-15-14-21-18-33(38(35,36)23-10-5-4-6-11-23)25-13-12-20(17-24(21)25)19-8-7-9-22(16-19)28(29,30)31/h4-13,16-18H,14-15H2,1-3H3,(H,32,34). The maximum absolute atomic E-state index is 13.5. The van der Waals surface area contributed by atoms with E-state index in [4.69, 9.17) is 4.74 Å². The Kier molecular flexibility index (Phi) is 7.29. The van der Waals surface area contributed by atoms with Crippen molar-refractivity contribution in [2.24, 2.45) is 0 Å². The average Bonchev–Trinajstić information content (AvgIpc) is 3.22. The van der Waals surface area contributed by atoms with Gasteiger partial charge in [-0.1, -0.05) is 36.4 Å². The van der Waals surface area contributed by atoms with Crippen molar-refractivity contribution < 1.29 is 31.1 Å². The summed E-state index contributed by atoms with van der Waals surface area (Å²) in [6, 6.07) is 17.7. The normalized spacial score (nSPS) is 12.5. The minimum Gasteiger partial charge on any atom is -0.444 e. The zero-order valence-electron chi connectivity index (χ0n) is 21.0. The summed E-state index contributed by atoms with van der Waals surface area (Å²) >= 11 is 0. The molecule has 4 rings (SSSR count). The average molecular weight is 545 g/mol. The van der Waals surface area contributed by atoms with Crippen LogP contribution in [0, 0.1) is 0 Å². The first-order valence-electron chi connectivity index (χ1n) is 11.8. The zero-order valence-corrected chi connectivity index (χ0v) is 21.9. The van der Waals surface area contributed by atoms with E-state index in [1.807, 2.05) is 0 Å². The maximum atomic E-state index is 13.5. The number of nitrogens with one attached hydrogen (secondary N) is 1. The van der Waals surface area contributed by atoms with Crippen LogP contribution in [-0.2, 0) is 27.4 Å². The van der Waals surface area contributed by atoms with Gasteiger partial charge in [0.15, 0.2) is 0 Å². The van der Waals surface area contributed by atoms with Gasteiger partial charge in [-0.25, -0.2) is 17.2 Å². The molecular formula is C28H27F3N2O4S. The Labute approximate surface area is 219 Å². The molecule has 0 saturated carbocycles. The molecule has 1 amide bonds. The highest BCUT2D eigenvalue weighted by atomic mass is 32.2. The lowest BCUT2D eigenvalue weighted by Gasteiger charge is -2.19. The number of fused-ring (bicyclic) bond motifs is 1. The largest absolute Gasteiger partial charge is 0.444 e. The SMILES string of the molecule is CC(C)(C)OC(=O)NCCc1cn(S(=O)(=O)c2ccccc2)c2ccc(-c3cccc(C(F)(F)F)c3)cc12. The second kappa shape index (κ2) is 10.2. The molecule has 0 fully saturated rings. The topological polar surface area (TPSA) is 77.4 Å². The van der Waals surface area contributed by atoms with Gasteiger partial charge in [0.1, 0.15) is 5.60 Å². The van der Waals surface area contributed by atoms with E-state index in [1.54, 1.807) is 63.2 Å². The van der Waals surface area contributed by atoms with Gasteiger partial charge in [-0.15, -0.1) is 0 Å². The number of rotatable bonds is 6. The molecule has 0 atom stereocenters. The van der Waals surface area contributed by atoms with Gasteiger partial charge >= 0.3 is 12.3 Å². The van der Waals surface area contributed by atoms with Gasteiger partial charge in [0, 0.05) is 18.1 Å². The first-order valence-corrected chi connectivity index (χ1v) is 13.3. The third-order valence-corrected chi connectivity index (χ3v) is 7.43. The van der Waals surface area contributed by atoms with E-state index in [0.29, 0.717) is 27.6 Å². The highest BCUT2D eigenvalue weighted by Gasteiger charge is 2.30. The lowest BCUT2D eigenvalue weighted by atomic mass is 10.00. The maximum Gasteiger partial charge on any atom is 0.416 e. The molecule has 0 saturated heterocycles. The predicted molar refractivity (Wildman–Crippen MR) is 139 cm³/mol. The fourth-order valence-electron chi connectivity index (χ4n) is 4.04. The number of hydrogen-bond acceptors (Lipinski definition) is 4. The third kappa shape index (κ3) is 6.02. The molecule has 3 aromatic carbocycles. The molecule has 1 aromatic heterocycles. The molecule has 1 heterocycles. The number of alkyl carbamates (subject to hydrolysis) is 1. The van der Waals surface area contributed by atoms with Crippen LogP contribution in [0.1, 0.15) is 31.9 Å². The van der Waals surface area contributed by atoms with Crippen LogP contribution >= 0.6 is 0 Å². The lowest BCUT2D eigenvalue weighted by molar-refractivity contribution is -0.137. The molecule has 200 valence electrons. The zero-order chi connectivity index (χ0) is 27.7. The molecule has 0 spiro atoms. The number of ether oxygens (including phenoxy) is 1. The Hall–Kier alpha value is -3.79. The fourth-order valence-corrected chi connectivity index (χ4v) is 5.45. The molecule has 0 radical (unpaired) electrons. The molecule has 0 aliphatic heterocycles. The van der Waals surface area contributed by atoms with Gasteiger partial charge in [0.05, 0.1) is 16.0 Å². The minimum atomic E-state index is -4.49. The van der Waals surface area contributed by atoms with E-state index in [9.17, 15) is 26.4 Å². The number of halogens is 3. The van der Waals surface area contributed by atoms with E-state index in [1.165, 1.54) is 24.4 Å². The Morgan fingerprint density at radius 2 is 1.61 bits per heavy atom. The number of amides is 1. The summed E-state index contributed by atoms with van der Waals surface area (Å²) in [6.07, 6.45) is -3.35. The number of nitrogens with zero attached hydrogens (tertiary/aromatic N) is 1. The number of carbonyl (C=O) groups excluding carboxylic acids is 1. The third-order valence-electron chi connectivity index (χ3n) is 5.74. The molecule has 0 aliphatic carbocycles. The number of carbonyl (C=O) groups is 1. The summed E-state index contributed by atoms with van der Waals surface area (Å²) in [5, 5.41) is 3.20. The molecule has 10 heteroatoms. The summed E-state index contributed by atoms with van der Waals surface area (Å²) in [5.41, 5.74) is 0.365. The van der Waals surface area contributed by atoms with Crippen LogP contribution in [0.25, 0.3) is 22.0 Å². The van der Waals surface area contributed by atoms with Crippen molar-refractivity contribution in [3.8, 4) is 11.1 Å². The van der Waals surface area contributed by atoms with Crippen LogP contribution in [0.2, 0.25) is 0 Å². The molecule has 4 aromatic rings. The van der Waals surface area contributed by atoms with Crippen molar-refractivity contribution in [2.45, 2.75) is 43.9 Å². The Morgan fingerprint density at radius 3 is 2.26 bits per heavy atom. The van der Waals surface area contributed by atoms with Gasteiger partial charge in [0.2, 0.25) is 0 Å². The highest BCUT2D eigenvalue weighted by Crippen LogP contribution is 2.34. The summed E-state index contributed by atoms with van der Waals surface area (Å²) in [5.74, 6) is 0. The van der Waals surface area contributed by atoms with Crippen molar-refractivity contribution in [3.05, 3.63) is 90.1 Å². The fraction of sp³-hybridized carbons (Fsp3) is 0.250. The van der Waals surface area contributed by atoms with Crippen molar-refractivity contribution >= 4 is 27.0 Å². The van der Waals surface area contributed by atoms with E-state index in [0.717, 1.165) is 16.1 Å². The predicted octanol–water partition coefficient (Wildman–Crippen LogP) is 6.63. The van der Waals surface area contributed by atoms with Gasteiger partial charge in [-0.2, -0.15) is 13.2 Å². The lowest BCUT2D eigenvalue weighted by Crippen LogP contribution is -2.33. The molecule has 38 heavy (non-hydrogen) atoms. The molecule has 0 unspecified atom stereocenters. The van der Waals surface area contributed by atoms with Crippen molar-refractivity contribution in [2.75, 3.05) is 6.54 Å². The quantitative estimate of drug-likeness (QED) is 0.296. The molecule has 0 aliphatic rings. The molecule has 6 nitrogen and oxygen atoms in total. The van der Waals surface area contributed by atoms with E-state index in [-0.39, 0.29) is 17.9 Å². The summed E-state index contributed by atoms with van der Waals surface area (Å²) in [7, 11) is -3.96. The van der Waals surface area contributed by atoms with Crippen molar-refractivity contribution in [1.29, 1.82) is 0 Å². The van der Waals surface area contributed by atoms with Gasteiger partial charge in [-0.3, -0.25) is 0 Å². The smallest absolute Gasteiger partial charge is 0.416 e. The molecule has 1 N–H and O–H groups in total. The van der Waals surface area contributed by atoms with Crippen LogP contribution in [0.3, 0.4) is 0 Å². The van der Waals surface area contributed by atoms with Crippen LogP contribution in [0.15, 0.2) is 83.9 Å². The first kappa shape index (κ1) is 27.3. The monoisotopic (exact) mass is 544 g/mol. The number of benzene rings is 3. The first-order chi connectivity index (χ1) is 17.8. The second-order valence-corrected chi connectivity index (χ2v) is 11.6. The van der Waals surface area contributed by atoms with E-state index in [2.05, 4.69) is 5.32 Å². The number of hydrogen-bond donors (Lipinski definition) is 1. The molecular weight excluding hydrogens is 517 g/mol. The van der Waals surface area contributed by atoms with Crippen LogP contribution in [0.4, 0.5) is 18.0 Å². The van der Waals surface area contributed by atoms with Crippen LogP contribution in [-0.4, -0.2) is 30.6 Å². The summed E-state index contributed by atoms with van der Waals surface area (Å²) in [6.45, 7) is 5.38. The van der Waals surface area contributed by atoms with Gasteiger partial charge in [0.25, 0.3) is 10.0 Å². The van der Waals surface area contributed by atoms with Gasteiger partial charge < -0.3 is 10.1 Å². The second-order valence-electron chi connectivity index (χ2n) is 9.76. The van der Waals surface area contributed by atoms with Crippen molar-refractivity contribution in [3.63, 3.8) is 0 Å². The summed E-state index contributed by atoms with van der Waals surface area (Å²) in [4.78, 5) is 12.2. The number of aromatic nitrogens is 1. The van der Waals surface area contributed by atoms with Crippen LogP contribution < -0.4 is 5.32 Å². The van der Waals surface area contributed by atoms with E-state index < -0.39 is 33.5 Å². The summed E-state index contributed by atoms with van der Waals surface area (Å²) < 4.78 is 73.2.